The molecule has 1 unspecified atom stereocenters. The summed E-state index contributed by atoms with van der Waals surface area (Å²) >= 11 is 5.98. The standard InChI is InChI=1S/C21H23ClN2O2/c1-4-5-14(2)26-18-10-8-17(9-11-18)24(3)20-12-15-6-7-16(22)13-19(15)21(25)23-20/h6-14H,4-5H2,1-3H3,(H,23,25). The summed E-state index contributed by atoms with van der Waals surface area (Å²) in [7, 11) is 1.92. The summed E-state index contributed by atoms with van der Waals surface area (Å²) < 4.78 is 5.89. The number of rotatable bonds is 6. The summed E-state index contributed by atoms with van der Waals surface area (Å²) in [5.41, 5.74) is 0.810. The van der Waals surface area contributed by atoms with Gasteiger partial charge in [0, 0.05) is 23.1 Å². The number of anilines is 2. The van der Waals surface area contributed by atoms with Gasteiger partial charge in [-0.2, -0.15) is 0 Å². The molecular weight excluding hydrogens is 348 g/mol. The fourth-order valence-corrected chi connectivity index (χ4v) is 3.16. The maximum absolute atomic E-state index is 12.4. The third kappa shape index (κ3) is 4.02. The molecule has 0 aliphatic carbocycles. The summed E-state index contributed by atoms with van der Waals surface area (Å²) in [6, 6.07) is 15.2. The quantitative estimate of drug-likeness (QED) is 0.621. The number of aromatic amines is 1. The van der Waals surface area contributed by atoms with Crippen LogP contribution in [0.2, 0.25) is 5.02 Å². The number of fused-ring (bicyclic) bond motifs is 1. The number of aromatic nitrogens is 1. The van der Waals surface area contributed by atoms with Crippen molar-refractivity contribution in [3.05, 3.63) is 63.9 Å². The van der Waals surface area contributed by atoms with Crippen LogP contribution in [0.15, 0.2) is 53.3 Å². The van der Waals surface area contributed by atoms with E-state index in [4.69, 9.17) is 16.3 Å². The van der Waals surface area contributed by atoms with Gasteiger partial charge in [0.1, 0.15) is 11.6 Å². The highest BCUT2D eigenvalue weighted by molar-refractivity contribution is 6.31. The van der Waals surface area contributed by atoms with Crippen molar-refractivity contribution in [3.8, 4) is 5.75 Å². The van der Waals surface area contributed by atoms with Gasteiger partial charge < -0.3 is 14.6 Å². The Kier molecular flexibility index (Phi) is 5.52. The number of ether oxygens (including phenoxy) is 1. The second-order valence-electron chi connectivity index (χ2n) is 6.49. The summed E-state index contributed by atoms with van der Waals surface area (Å²) in [5.74, 6) is 1.57. The molecule has 136 valence electrons. The average molecular weight is 371 g/mol. The van der Waals surface area contributed by atoms with Gasteiger partial charge in [-0.3, -0.25) is 4.79 Å². The fourth-order valence-electron chi connectivity index (χ4n) is 2.98. The molecule has 0 aliphatic rings. The van der Waals surface area contributed by atoms with Gasteiger partial charge >= 0.3 is 0 Å². The molecule has 3 aromatic rings. The van der Waals surface area contributed by atoms with E-state index in [1.54, 1.807) is 12.1 Å². The molecule has 1 aromatic heterocycles. The SMILES string of the molecule is CCCC(C)Oc1ccc(N(C)c2cc3ccc(Cl)cc3c(=O)[nH]2)cc1. The highest BCUT2D eigenvalue weighted by atomic mass is 35.5. The summed E-state index contributed by atoms with van der Waals surface area (Å²) in [6.07, 6.45) is 2.33. The van der Waals surface area contributed by atoms with Crippen molar-refractivity contribution < 1.29 is 4.74 Å². The maximum atomic E-state index is 12.4. The van der Waals surface area contributed by atoms with Crippen molar-refractivity contribution in [3.63, 3.8) is 0 Å². The number of nitrogens with zero attached hydrogens (tertiary/aromatic N) is 1. The zero-order chi connectivity index (χ0) is 18.7. The molecule has 0 radical (unpaired) electrons. The van der Waals surface area contributed by atoms with Gasteiger partial charge in [0.2, 0.25) is 0 Å². The minimum Gasteiger partial charge on any atom is -0.491 e. The van der Waals surface area contributed by atoms with E-state index in [2.05, 4.69) is 18.8 Å². The Balaban J connectivity index is 1.85. The monoisotopic (exact) mass is 370 g/mol. The molecule has 0 amide bonds. The van der Waals surface area contributed by atoms with Crippen molar-refractivity contribution in [2.75, 3.05) is 11.9 Å². The van der Waals surface area contributed by atoms with Crippen LogP contribution < -0.4 is 15.2 Å². The highest BCUT2D eigenvalue weighted by Crippen LogP contribution is 2.26. The zero-order valence-electron chi connectivity index (χ0n) is 15.3. The normalized spacial score (nSPS) is 12.2. The van der Waals surface area contributed by atoms with Gasteiger partial charge in [-0.25, -0.2) is 0 Å². The first kappa shape index (κ1) is 18.3. The summed E-state index contributed by atoms with van der Waals surface area (Å²) in [6.45, 7) is 4.23. The van der Waals surface area contributed by atoms with Crippen LogP contribution in [-0.4, -0.2) is 18.1 Å². The molecule has 1 atom stereocenters. The van der Waals surface area contributed by atoms with Gasteiger partial charge in [0.15, 0.2) is 0 Å². The van der Waals surface area contributed by atoms with Crippen LogP contribution in [0.3, 0.4) is 0 Å². The van der Waals surface area contributed by atoms with Gasteiger partial charge in [-0.15, -0.1) is 0 Å². The Morgan fingerprint density at radius 1 is 1.15 bits per heavy atom. The maximum Gasteiger partial charge on any atom is 0.257 e. The van der Waals surface area contributed by atoms with Crippen LogP contribution >= 0.6 is 11.6 Å². The predicted octanol–water partition coefficient (Wildman–Crippen LogP) is 5.52. The number of benzene rings is 2. The zero-order valence-corrected chi connectivity index (χ0v) is 16.0. The first-order valence-corrected chi connectivity index (χ1v) is 9.18. The second kappa shape index (κ2) is 7.83. The molecule has 2 aromatic carbocycles. The average Bonchev–Trinajstić information content (AvgIpc) is 2.62. The summed E-state index contributed by atoms with van der Waals surface area (Å²) in [4.78, 5) is 17.2. The first-order valence-electron chi connectivity index (χ1n) is 8.81. The van der Waals surface area contributed by atoms with Crippen LogP contribution in [0.1, 0.15) is 26.7 Å². The predicted molar refractivity (Wildman–Crippen MR) is 109 cm³/mol. The van der Waals surface area contributed by atoms with Crippen LogP contribution in [0.5, 0.6) is 5.75 Å². The Morgan fingerprint density at radius 2 is 1.88 bits per heavy atom. The van der Waals surface area contributed by atoms with E-state index < -0.39 is 0 Å². The third-order valence-electron chi connectivity index (χ3n) is 4.41. The lowest BCUT2D eigenvalue weighted by Gasteiger charge is -2.20. The van der Waals surface area contributed by atoms with Gasteiger partial charge in [0.05, 0.1) is 6.10 Å². The van der Waals surface area contributed by atoms with Crippen LogP contribution in [-0.2, 0) is 0 Å². The minimum atomic E-state index is -0.153. The largest absolute Gasteiger partial charge is 0.491 e. The lowest BCUT2D eigenvalue weighted by atomic mass is 10.1. The van der Waals surface area contributed by atoms with Crippen molar-refractivity contribution >= 4 is 33.9 Å². The molecule has 26 heavy (non-hydrogen) atoms. The van der Waals surface area contributed by atoms with E-state index in [-0.39, 0.29) is 11.7 Å². The molecule has 4 nitrogen and oxygen atoms in total. The molecule has 0 aliphatic heterocycles. The molecule has 0 spiro atoms. The number of halogens is 1. The Morgan fingerprint density at radius 3 is 2.58 bits per heavy atom. The van der Waals surface area contributed by atoms with E-state index in [0.29, 0.717) is 10.4 Å². The Hall–Kier alpha value is -2.46. The van der Waals surface area contributed by atoms with E-state index in [1.807, 2.05) is 48.3 Å². The molecule has 3 rings (SSSR count). The van der Waals surface area contributed by atoms with E-state index in [9.17, 15) is 4.79 Å². The first-order chi connectivity index (χ1) is 12.5. The molecular formula is C21H23ClN2O2. The molecule has 0 bridgehead atoms. The van der Waals surface area contributed by atoms with Crippen LogP contribution in [0, 0.1) is 0 Å². The van der Waals surface area contributed by atoms with Crippen molar-refractivity contribution in [2.24, 2.45) is 0 Å². The van der Waals surface area contributed by atoms with Gasteiger partial charge in [0.25, 0.3) is 5.56 Å². The highest BCUT2D eigenvalue weighted by Gasteiger charge is 2.09. The Bertz CT molecular complexity index is 950. The van der Waals surface area contributed by atoms with Gasteiger partial charge in [-0.05, 0) is 61.2 Å². The number of hydrogen-bond acceptors (Lipinski definition) is 3. The fraction of sp³-hybridized carbons (Fsp3) is 0.286. The minimum absolute atomic E-state index is 0.153. The lowest BCUT2D eigenvalue weighted by Crippen LogP contribution is -2.17. The van der Waals surface area contributed by atoms with Crippen LogP contribution in [0.25, 0.3) is 10.8 Å². The molecule has 1 N–H and O–H groups in total. The number of hydrogen-bond donors (Lipinski definition) is 1. The van der Waals surface area contributed by atoms with Crippen molar-refractivity contribution in [1.82, 2.24) is 4.98 Å². The number of pyridine rings is 1. The van der Waals surface area contributed by atoms with E-state index in [0.717, 1.165) is 35.5 Å². The molecule has 5 heteroatoms. The molecule has 0 saturated heterocycles. The molecule has 0 saturated carbocycles. The molecule has 1 heterocycles. The van der Waals surface area contributed by atoms with Crippen molar-refractivity contribution in [2.45, 2.75) is 32.8 Å². The number of H-pyrrole nitrogens is 1. The smallest absolute Gasteiger partial charge is 0.257 e. The topological polar surface area (TPSA) is 45.3 Å². The van der Waals surface area contributed by atoms with Gasteiger partial charge in [-0.1, -0.05) is 31.0 Å². The third-order valence-corrected chi connectivity index (χ3v) is 4.65. The lowest BCUT2D eigenvalue weighted by molar-refractivity contribution is 0.210. The van der Waals surface area contributed by atoms with E-state index >= 15 is 0 Å². The van der Waals surface area contributed by atoms with Crippen molar-refractivity contribution in [1.29, 1.82) is 0 Å². The van der Waals surface area contributed by atoms with Crippen LogP contribution in [0.4, 0.5) is 11.5 Å². The number of nitrogens with one attached hydrogen (secondary N) is 1. The second-order valence-corrected chi connectivity index (χ2v) is 6.92. The summed E-state index contributed by atoms with van der Waals surface area (Å²) in [5, 5.41) is 1.99. The van der Waals surface area contributed by atoms with E-state index in [1.165, 1.54) is 0 Å². The molecule has 0 fully saturated rings. The Labute approximate surface area is 158 Å².